The topological polar surface area (TPSA) is 25.2 Å². The first-order chi connectivity index (χ1) is 8.84. The fourth-order valence-electron chi connectivity index (χ4n) is 2.53. The molecule has 0 fully saturated rings. The molecule has 3 heteroatoms. The van der Waals surface area contributed by atoms with Crippen LogP contribution in [0.3, 0.4) is 0 Å². The Morgan fingerprint density at radius 1 is 1.26 bits per heavy atom. The van der Waals surface area contributed by atoms with Gasteiger partial charge in [0, 0.05) is 10.9 Å². The summed E-state index contributed by atoms with van der Waals surface area (Å²) in [5.74, 6) is 0.997. The van der Waals surface area contributed by atoms with Crippen molar-refractivity contribution in [1.29, 1.82) is 0 Å². The Kier molecular flexibility index (Phi) is 3.93. The zero-order valence-electron chi connectivity index (χ0n) is 12.4. The van der Waals surface area contributed by atoms with Gasteiger partial charge in [-0.3, -0.25) is 0 Å². The van der Waals surface area contributed by atoms with Crippen molar-refractivity contribution in [2.24, 2.45) is 0 Å². The fraction of sp³-hybridized carbons (Fsp3) is 0.500. The van der Waals surface area contributed by atoms with Crippen LogP contribution in [0.1, 0.15) is 44.6 Å². The van der Waals surface area contributed by atoms with Crippen LogP contribution in [0.4, 0.5) is 0 Å². The van der Waals surface area contributed by atoms with E-state index in [1.807, 2.05) is 6.07 Å². The molecule has 19 heavy (non-hydrogen) atoms. The van der Waals surface area contributed by atoms with Crippen LogP contribution in [-0.4, -0.2) is 6.54 Å². The highest BCUT2D eigenvalue weighted by Crippen LogP contribution is 2.38. The molecule has 0 amide bonds. The Morgan fingerprint density at radius 3 is 2.53 bits per heavy atom. The second kappa shape index (κ2) is 5.18. The number of furan rings is 1. The van der Waals surface area contributed by atoms with Gasteiger partial charge in [-0.2, -0.15) is 0 Å². The lowest BCUT2D eigenvalue weighted by Gasteiger charge is -2.19. The molecule has 0 radical (unpaired) electrons. The molecular formula is C16H22ClNO. The van der Waals surface area contributed by atoms with Crippen LogP contribution in [0.5, 0.6) is 0 Å². The van der Waals surface area contributed by atoms with Gasteiger partial charge in [-0.05, 0) is 36.6 Å². The smallest absolute Gasteiger partial charge is 0.153 e. The molecule has 2 rings (SSSR count). The average Bonchev–Trinajstić information content (AvgIpc) is 2.64. The quantitative estimate of drug-likeness (QED) is 0.873. The molecule has 2 aromatic rings. The Morgan fingerprint density at radius 2 is 1.95 bits per heavy atom. The van der Waals surface area contributed by atoms with Crippen LogP contribution in [0.15, 0.2) is 16.5 Å². The van der Waals surface area contributed by atoms with Gasteiger partial charge >= 0.3 is 0 Å². The Balaban J connectivity index is 2.70. The van der Waals surface area contributed by atoms with Crippen molar-refractivity contribution >= 4 is 22.6 Å². The van der Waals surface area contributed by atoms with E-state index >= 15 is 0 Å². The molecule has 1 aromatic heterocycles. The molecular weight excluding hydrogens is 258 g/mol. The van der Waals surface area contributed by atoms with Gasteiger partial charge in [-0.1, -0.05) is 39.3 Å². The Bertz CT molecular complexity index is 593. The summed E-state index contributed by atoms with van der Waals surface area (Å²) in [4.78, 5) is 0. The average molecular weight is 280 g/mol. The lowest BCUT2D eigenvalue weighted by molar-refractivity contribution is 0.487. The third-order valence-corrected chi connectivity index (χ3v) is 3.53. The monoisotopic (exact) mass is 279 g/mol. The first-order valence-electron chi connectivity index (χ1n) is 6.77. The minimum absolute atomic E-state index is 0.0348. The predicted octanol–water partition coefficient (Wildman–Crippen LogP) is 4.80. The Labute approximate surface area is 120 Å². The summed E-state index contributed by atoms with van der Waals surface area (Å²) in [6, 6.07) is 4.12. The van der Waals surface area contributed by atoms with Gasteiger partial charge in [0.25, 0.3) is 0 Å². The molecule has 0 saturated heterocycles. The molecule has 0 aliphatic carbocycles. The van der Waals surface area contributed by atoms with E-state index in [4.69, 9.17) is 16.0 Å². The van der Waals surface area contributed by atoms with Crippen LogP contribution >= 0.6 is 11.6 Å². The molecule has 0 atom stereocenters. The first kappa shape index (κ1) is 14.4. The molecule has 0 unspecified atom stereocenters. The highest BCUT2D eigenvalue weighted by atomic mass is 35.5. The van der Waals surface area contributed by atoms with Crippen LogP contribution in [0.25, 0.3) is 11.0 Å². The molecule has 0 aliphatic heterocycles. The van der Waals surface area contributed by atoms with Crippen LogP contribution in [0.2, 0.25) is 5.02 Å². The SMILES string of the molecule is CCNCc1oc2c(Cl)cc(C)cc2c1C(C)(C)C. The van der Waals surface area contributed by atoms with E-state index in [9.17, 15) is 0 Å². The van der Waals surface area contributed by atoms with Crippen molar-refractivity contribution < 1.29 is 4.42 Å². The maximum Gasteiger partial charge on any atom is 0.153 e. The van der Waals surface area contributed by atoms with E-state index in [0.717, 1.165) is 29.8 Å². The van der Waals surface area contributed by atoms with Crippen molar-refractivity contribution in [2.75, 3.05) is 6.54 Å². The highest BCUT2D eigenvalue weighted by Gasteiger charge is 2.26. The molecule has 2 nitrogen and oxygen atoms in total. The lowest BCUT2D eigenvalue weighted by Crippen LogP contribution is -2.18. The van der Waals surface area contributed by atoms with Gasteiger partial charge in [0.15, 0.2) is 5.58 Å². The summed E-state index contributed by atoms with van der Waals surface area (Å²) in [6.45, 7) is 12.5. The van der Waals surface area contributed by atoms with E-state index in [-0.39, 0.29) is 5.41 Å². The van der Waals surface area contributed by atoms with Crippen molar-refractivity contribution in [2.45, 2.75) is 46.6 Å². The fourth-order valence-corrected chi connectivity index (χ4v) is 2.84. The normalized spacial score (nSPS) is 12.3. The second-order valence-electron chi connectivity index (χ2n) is 6.05. The highest BCUT2D eigenvalue weighted by molar-refractivity contribution is 6.35. The number of nitrogens with one attached hydrogen (secondary N) is 1. The standard InChI is InChI=1S/C16H22ClNO/c1-6-18-9-13-14(16(3,4)5)11-7-10(2)8-12(17)15(11)19-13/h7-8,18H,6,9H2,1-5H3. The number of aryl methyl sites for hydroxylation is 1. The number of hydrogen-bond acceptors (Lipinski definition) is 2. The largest absolute Gasteiger partial charge is 0.458 e. The number of benzene rings is 1. The van der Waals surface area contributed by atoms with Crippen molar-refractivity contribution in [3.8, 4) is 0 Å². The van der Waals surface area contributed by atoms with Gasteiger partial charge in [0.2, 0.25) is 0 Å². The summed E-state index contributed by atoms with van der Waals surface area (Å²) >= 11 is 6.32. The predicted molar refractivity (Wildman–Crippen MR) is 82.0 cm³/mol. The van der Waals surface area contributed by atoms with Crippen LogP contribution < -0.4 is 5.32 Å². The molecule has 1 aromatic carbocycles. The minimum atomic E-state index is 0.0348. The van der Waals surface area contributed by atoms with E-state index in [2.05, 4.69) is 46.0 Å². The van der Waals surface area contributed by atoms with Gasteiger partial charge in [-0.25, -0.2) is 0 Å². The number of hydrogen-bond donors (Lipinski definition) is 1. The summed E-state index contributed by atoms with van der Waals surface area (Å²) in [5.41, 5.74) is 3.27. The minimum Gasteiger partial charge on any atom is -0.458 e. The first-order valence-corrected chi connectivity index (χ1v) is 7.15. The lowest BCUT2D eigenvalue weighted by atomic mass is 9.84. The summed E-state index contributed by atoms with van der Waals surface area (Å²) in [5, 5.41) is 5.18. The van der Waals surface area contributed by atoms with Crippen LogP contribution in [0, 0.1) is 6.92 Å². The summed E-state index contributed by atoms with van der Waals surface area (Å²) in [7, 11) is 0. The molecule has 0 spiro atoms. The molecule has 1 N–H and O–H groups in total. The van der Waals surface area contributed by atoms with Crippen molar-refractivity contribution in [3.05, 3.63) is 34.0 Å². The zero-order valence-corrected chi connectivity index (χ0v) is 13.1. The van der Waals surface area contributed by atoms with Crippen LogP contribution in [-0.2, 0) is 12.0 Å². The third-order valence-electron chi connectivity index (χ3n) is 3.25. The van der Waals surface area contributed by atoms with Gasteiger partial charge in [-0.15, -0.1) is 0 Å². The van der Waals surface area contributed by atoms with Gasteiger partial charge in [0.05, 0.1) is 11.6 Å². The molecule has 1 heterocycles. The van der Waals surface area contributed by atoms with E-state index in [1.54, 1.807) is 0 Å². The van der Waals surface area contributed by atoms with E-state index in [0.29, 0.717) is 5.02 Å². The van der Waals surface area contributed by atoms with Gasteiger partial charge < -0.3 is 9.73 Å². The van der Waals surface area contributed by atoms with Crippen molar-refractivity contribution in [1.82, 2.24) is 5.32 Å². The second-order valence-corrected chi connectivity index (χ2v) is 6.46. The molecule has 0 aliphatic rings. The third kappa shape index (κ3) is 2.80. The van der Waals surface area contributed by atoms with Crippen molar-refractivity contribution in [3.63, 3.8) is 0 Å². The Hall–Kier alpha value is -0.990. The van der Waals surface area contributed by atoms with E-state index < -0.39 is 0 Å². The molecule has 104 valence electrons. The zero-order chi connectivity index (χ0) is 14.2. The molecule has 0 bridgehead atoms. The number of halogens is 1. The van der Waals surface area contributed by atoms with E-state index in [1.165, 1.54) is 11.1 Å². The number of fused-ring (bicyclic) bond motifs is 1. The van der Waals surface area contributed by atoms with Gasteiger partial charge in [0.1, 0.15) is 5.76 Å². The maximum absolute atomic E-state index is 6.32. The number of rotatable bonds is 3. The maximum atomic E-state index is 6.32. The summed E-state index contributed by atoms with van der Waals surface area (Å²) < 4.78 is 6.02. The molecule has 0 saturated carbocycles. The summed E-state index contributed by atoms with van der Waals surface area (Å²) in [6.07, 6.45) is 0.